The van der Waals surface area contributed by atoms with Crippen molar-refractivity contribution >= 4 is 15.9 Å². The Morgan fingerprint density at radius 1 is 1.02 bits per heavy atom. The van der Waals surface area contributed by atoms with Crippen molar-refractivity contribution in [2.75, 3.05) is 39.5 Å². The SMILES string of the molecule is C#Cc1c(CC[C@H]2CCC[C@@H](c3ccccc3)C2)ncnc1C(=O)N1CCC(N2CCC(N(C)S(C)(=O)=O)CC2)CC1. The summed E-state index contributed by atoms with van der Waals surface area (Å²) in [6.45, 7) is 3.09. The van der Waals surface area contributed by atoms with Gasteiger partial charge in [-0.25, -0.2) is 22.7 Å². The molecule has 2 atom stereocenters. The molecule has 0 radical (unpaired) electrons. The Kier molecular flexibility index (Phi) is 9.97. The first-order valence-corrected chi connectivity index (χ1v) is 17.4. The molecule has 0 unspecified atom stereocenters. The van der Waals surface area contributed by atoms with Gasteiger partial charge in [0, 0.05) is 32.2 Å². The van der Waals surface area contributed by atoms with Gasteiger partial charge in [-0.3, -0.25) is 4.79 Å². The lowest BCUT2D eigenvalue weighted by Crippen LogP contribution is -2.52. The number of carbonyl (C=O) groups excluding carboxylic acids is 1. The van der Waals surface area contributed by atoms with Crippen LogP contribution in [0.4, 0.5) is 0 Å². The normalized spacial score (nSPS) is 23.1. The number of terminal acetylenes is 1. The average molecular weight is 592 g/mol. The number of hydrogen-bond donors (Lipinski definition) is 0. The number of carbonyl (C=O) groups is 1. The van der Waals surface area contributed by atoms with Crippen molar-refractivity contribution in [2.45, 2.75) is 82.2 Å². The summed E-state index contributed by atoms with van der Waals surface area (Å²) < 4.78 is 25.4. The summed E-state index contributed by atoms with van der Waals surface area (Å²) in [5, 5.41) is 0. The molecular weight excluding hydrogens is 546 g/mol. The van der Waals surface area contributed by atoms with Crippen LogP contribution in [-0.4, -0.2) is 90.0 Å². The van der Waals surface area contributed by atoms with Crippen LogP contribution in [0, 0.1) is 18.3 Å². The molecule has 42 heavy (non-hydrogen) atoms. The Bertz CT molecular complexity index is 1360. The van der Waals surface area contributed by atoms with Crippen LogP contribution in [0.25, 0.3) is 0 Å². The van der Waals surface area contributed by atoms with Gasteiger partial charge in [0.1, 0.15) is 12.0 Å². The van der Waals surface area contributed by atoms with Gasteiger partial charge in [-0.1, -0.05) is 49.1 Å². The Labute approximate surface area is 252 Å². The maximum absolute atomic E-state index is 13.6. The van der Waals surface area contributed by atoms with Crippen LogP contribution in [-0.2, 0) is 16.4 Å². The molecule has 0 N–H and O–H groups in total. The van der Waals surface area contributed by atoms with Crippen molar-refractivity contribution in [1.29, 1.82) is 0 Å². The Hall–Kier alpha value is -2.80. The molecule has 1 aromatic heterocycles. The number of hydrogen-bond acceptors (Lipinski definition) is 6. The molecule has 1 amide bonds. The third-order valence-corrected chi connectivity index (χ3v) is 11.3. The lowest BCUT2D eigenvalue weighted by Gasteiger charge is -2.43. The van der Waals surface area contributed by atoms with Crippen LogP contribution in [0.3, 0.4) is 0 Å². The second kappa shape index (κ2) is 13.7. The van der Waals surface area contributed by atoms with Crippen molar-refractivity contribution in [3.05, 3.63) is 59.2 Å². The van der Waals surface area contributed by atoms with Crippen LogP contribution >= 0.6 is 0 Å². The van der Waals surface area contributed by atoms with Gasteiger partial charge in [-0.05, 0) is 81.9 Å². The highest BCUT2D eigenvalue weighted by atomic mass is 32.2. The smallest absolute Gasteiger partial charge is 0.273 e. The molecule has 2 saturated heterocycles. The van der Waals surface area contributed by atoms with Gasteiger partial charge >= 0.3 is 0 Å². The molecule has 3 aliphatic rings. The van der Waals surface area contributed by atoms with Gasteiger partial charge in [0.05, 0.1) is 17.5 Å². The maximum atomic E-state index is 13.6. The molecule has 226 valence electrons. The number of likely N-dealkylation sites (tertiary alicyclic amines) is 2. The van der Waals surface area contributed by atoms with E-state index in [2.05, 4.69) is 51.1 Å². The van der Waals surface area contributed by atoms with Crippen LogP contribution in [0.2, 0.25) is 0 Å². The van der Waals surface area contributed by atoms with Crippen LogP contribution in [0.5, 0.6) is 0 Å². The molecule has 5 rings (SSSR count). The third-order valence-electron chi connectivity index (χ3n) is 9.92. The molecule has 1 aliphatic carbocycles. The molecule has 2 aliphatic heterocycles. The second-order valence-corrected chi connectivity index (χ2v) is 14.5. The summed E-state index contributed by atoms with van der Waals surface area (Å²) in [6, 6.07) is 11.3. The lowest BCUT2D eigenvalue weighted by atomic mass is 9.76. The van der Waals surface area contributed by atoms with Crippen molar-refractivity contribution in [1.82, 2.24) is 24.1 Å². The fourth-order valence-corrected chi connectivity index (χ4v) is 8.07. The number of sulfonamides is 1. The van der Waals surface area contributed by atoms with Gasteiger partial charge < -0.3 is 9.80 Å². The monoisotopic (exact) mass is 591 g/mol. The molecule has 1 saturated carbocycles. The number of nitrogens with zero attached hydrogens (tertiary/aromatic N) is 5. The Morgan fingerprint density at radius 2 is 1.74 bits per heavy atom. The van der Waals surface area contributed by atoms with E-state index in [1.54, 1.807) is 7.05 Å². The summed E-state index contributed by atoms with van der Waals surface area (Å²) in [7, 11) is -1.49. The molecule has 9 heteroatoms. The molecule has 3 fully saturated rings. The number of benzene rings is 1. The fraction of sp³-hybridized carbons (Fsp3) is 0.606. The highest BCUT2D eigenvalue weighted by Gasteiger charge is 2.33. The largest absolute Gasteiger partial charge is 0.337 e. The summed E-state index contributed by atoms with van der Waals surface area (Å²) in [4.78, 5) is 26.9. The zero-order chi connectivity index (χ0) is 29.7. The second-order valence-electron chi connectivity index (χ2n) is 12.4. The highest BCUT2D eigenvalue weighted by Crippen LogP contribution is 2.38. The third kappa shape index (κ3) is 7.21. The fourth-order valence-electron chi connectivity index (χ4n) is 7.32. The first-order chi connectivity index (χ1) is 20.2. The van der Waals surface area contributed by atoms with E-state index in [1.165, 1.54) is 48.1 Å². The predicted molar refractivity (Wildman–Crippen MR) is 166 cm³/mol. The molecule has 0 spiro atoms. The first-order valence-electron chi connectivity index (χ1n) is 15.6. The Morgan fingerprint density at radius 3 is 2.40 bits per heavy atom. The van der Waals surface area contributed by atoms with Gasteiger partial charge in [0.25, 0.3) is 5.91 Å². The van der Waals surface area contributed by atoms with Gasteiger partial charge in [0.15, 0.2) is 0 Å². The zero-order valence-electron chi connectivity index (χ0n) is 25.1. The topological polar surface area (TPSA) is 86.7 Å². The summed E-state index contributed by atoms with van der Waals surface area (Å²) in [5.74, 6) is 3.90. The van der Waals surface area contributed by atoms with E-state index in [4.69, 9.17) is 6.42 Å². The van der Waals surface area contributed by atoms with Crippen LogP contribution in [0.15, 0.2) is 36.7 Å². The van der Waals surface area contributed by atoms with Crippen molar-refractivity contribution in [2.24, 2.45) is 5.92 Å². The lowest BCUT2D eigenvalue weighted by molar-refractivity contribution is 0.0542. The van der Waals surface area contributed by atoms with E-state index in [1.807, 2.05) is 4.90 Å². The molecule has 0 bridgehead atoms. The van der Waals surface area contributed by atoms with Gasteiger partial charge in [-0.2, -0.15) is 0 Å². The summed E-state index contributed by atoms with van der Waals surface area (Å²) in [6.07, 6.45) is 18.9. The molecular formula is C33H45N5O3S. The Balaban J connectivity index is 1.14. The number of aryl methyl sites for hydroxylation is 1. The van der Waals surface area contributed by atoms with Crippen molar-refractivity contribution < 1.29 is 13.2 Å². The van der Waals surface area contributed by atoms with Crippen LogP contribution in [0.1, 0.15) is 91.0 Å². The predicted octanol–water partition coefficient (Wildman–Crippen LogP) is 4.32. The zero-order valence-corrected chi connectivity index (χ0v) is 25.9. The minimum atomic E-state index is -3.17. The number of piperidine rings is 2. The van der Waals surface area contributed by atoms with E-state index < -0.39 is 10.0 Å². The van der Waals surface area contributed by atoms with Crippen LogP contribution < -0.4 is 0 Å². The van der Waals surface area contributed by atoms with E-state index in [0.29, 0.717) is 42.2 Å². The summed E-state index contributed by atoms with van der Waals surface area (Å²) >= 11 is 0. The number of aromatic nitrogens is 2. The minimum absolute atomic E-state index is 0.0652. The number of amides is 1. The average Bonchev–Trinajstić information content (AvgIpc) is 3.03. The minimum Gasteiger partial charge on any atom is -0.337 e. The quantitative estimate of drug-likeness (QED) is 0.425. The van der Waals surface area contributed by atoms with Gasteiger partial charge in [-0.15, -0.1) is 6.42 Å². The highest BCUT2D eigenvalue weighted by molar-refractivity contribution is 7.88. The number of rotatable bonds is 8. The van der Waals surface area contributed by atoms with E-state index >= 15 is 0 Å². The molecule has 3 heterocycles. The van der Waals surface area contributed by atoms with E-state index in [-0.39, 0.29) is 11.9 Å². The van der Waals surface area contributed by atoms with Crippen molar-refractivity contribution in [3.63, 3.8) is 0 Å². The first kappa shape index (κ1) is 30.7. The molecule has 8 nitrogen and oxygen atoms in total. The maximum Gasteiger partial charge on any atom is 0.273 e. The van der Waals surface area contributed by atoms with E-state index in [0.717, 1.165) is 57.3 Å². The summed E-state index contributed by atoms with van der Waals surface area (Å²) in [5.41, 5.74) is 3.16. The van der Waals surface area contributed by atoms with Crippen molar-refractivity contribution in [3.8, 4) is 12.3 Å². The molecule has 2 aromatic rings. The van der Waals surface area contributed by atoms with E-state index in [9.17, 15) is 13.2 Å². The molecule has 1 aromatic carbocycles. The van der Waals surface area contributed by atoms with Gasteiger partial charge in [0.2, 0.25) is 10.0 Å². The standard InChI is InChI=1S/C33H45N5O3S/c1-4-30-31(14-13-25-9-8-12-27(23-25)26-10-6-5-7-11-26)34-24-35-32(30)33(39)38-21-17-29(18-22-38)37-19-15-28(16-20-37)36(2)42(3,40)41/h1,5-7,10-11,24-25,27-29H,8-9,12-23H2,2-3H3/t25-,27-/m1/s1.